The molecule has 3 heterocycles. The van der Waals surface area contributed by atoms with E-state index >= 15 is 0 Å². The van der Waals surface area contributed by atoms with Crippen LogP contribution in [0.4, 0.5) is 17.1 Å². The second-order valence-electron chi connectivity index (χ2n) is 11.0. The van der Waals surface area contributed by atoms with Gasteiger partial charge in [-0.1, -0.05) is 30.3 Å². The molecule has 4 aromatic rings. The lowest BCUT2D eigenvalue weighted by Gasteiger charge is -2.38. The van der Waals surface area contributed by atoms with Crippen molar-refractivity contribution in [1.29, 1.82) is 0 Å². The Morgan fingerprint density at radius 1 is 0.884 bits per heavy atom. The van der Waals surface area contributed by atoms with Gasteiger partial charge in [0.05, 0.1) is 21.6 Å². The third-order valence-electron chi connectivity index (χ3n) is 8.13. The number of anilines is 3. The molecule has 2 N–H and O–H groups in total. The zero-order valence-electron chi connectivity index (χ0n) is 24.3. The van der Waals surface area contributed by atoms with Crippen LogP contribution in [0.5, 0.6) is 0 Å². The first-order valence-corrected chi connectivity index (χ1v) is 15.7. The van der Waals surface area contributed by atoms with Crippen molar-refractivity contribution in [2.45, 2.75) is 26.2 Å². The van der Waals surface area contributed by atoms with Crippen LogP contribution in [0.3, 0.4) is 0 Å². The summed E-state index contributed by atoms with van der Waals surface area (Å²) in [5.74, 6) is -0.317. The maximum Gasteiger partial charge on any atom is 0.284 e. The molecule has 222 valence electrons. The van der Waals surface area contributed by atoms with Gasteiger partial charge in [0.15, 0.2) is 5.01 Å². The van der Waals surface area contributed by atoms with Crippen LogP contribution in [0.15, 0.2) is 66.7 Å². The number of carbonyl (C=O) groups excluding carboxylic acids is 3. The Morgan fingerprint density at radius 2 is 1.63 bits per heavy atom. The number of nitrogens with one attached hydrogen (secondary N) is 2. The number of para-hydroxylation sites is 2. The number of benzene rings is 3. The lowest BCUT2D eigenvalue weighted by Crippen LogP contribution is -2.47. The van der Waals surface area contributed by atoms with E-state index in [-0.39, 0.29) is 17.7 Å². The zero-order valence-corrected chi connectivity index (χ0v) is 25.2. The molecule has 3 aromatic carbocycles. The number of amides is 3. The van der Waals surface area contributed by atoms with Gasteiger partial charge >= 0.3 is 0 Å². The molecule has 0 saturated carbocycles. The minimum absolute atomic E-state index is 0.190. The second kappa shape index (κ2) is 12.8. The highest BCUT2D eigenvalue weighted by Gasteiger charge is 2.24. The molecule has 10 heteroatoms. The maximum absolute atomic E-state index is 13.4. The molecular formula is C33H36N6O3S. The average Bonchev–Trinajstić information content (AvgIpc) is 3.65. The predicted molar refractivity (Wildman–Crippen MR) is 172 cm³/mol. The van der Waals surface area contributed by atoms with Crippen LogP contribution in [0, 0.1) is 6.92 Å². The first-order chi connectivity index (χ1) is 21.0. The van der Waals surface area contributed by atoms with Crippen LogP contribution in [0.1, 0.15) is 45.0 Å². The van der Waals surface area contributed by atoms with E-state index in [0.717, 1.165) is 55.0 Å². The molecule has 2 aliphatic heterocycles. The summed E-state index contributed by atoms with van der Waals surface area (Å²) in [6, 6.07) is 21.6. The molecule has 2 fully saturated rings. The van der Waals surface area contributed by atoms with Crippen molar-refractivity contribution in [3.8, 4) is 0 Å². The summed E-state index contributed by atoms with van der Waals surface area (Å²) in [6.07, 6.45) is 2.22. The fraction of sp³-hybridized carbons (Fsp3) is 0.333. The summed E-state index contributed by atoms with van der Waals surface area (Å²) in [6.45, 7) is 7.29. The molecule has 3 amide bonds. The molecule has 0 radical (unpaired) electrons. The van der Waals surface area contributed by atoms with E-state index in [0.29, 0.717) is 42.2 Å². The minimum Gasteiger partial charge on any atom is -0.368 e. The topological polar surface area (TPSA) is 97.9 Å². The summed E-state index contributed by atoms with van der Waals surface area (Å²) in [7, 11) is 0. The number of rotatable bonds is 9. The van der Waals surface area contributed by atoms with E-state index in [1.807, 2.05) is 41.3 Å². The number of fused-ring (bicyclic) bond motifs is 1. The molecule has 0 atom stereocenters. The van der Waals surface area contributed by atoms with Gasteiger partial charge in [-0.3, -0.25) is 14.4 Å². The van der Waals surface area contributed by atoms with Gasteiger partial charge in [0, 0.05) is 63.5 Å². The molecule has 6 rings (SSSR count). The standard InChI is InChI=1S/C33H36N6O3S/c1-23-8-2-4-10-27(23)37-18-20-38(21-19-37)28-14-13-24(31(41)34-15-7-17-39-16-6-12-30(39)40)22-26(28)35-32(42)33-36-25-9-3-5-11-29(25)43-33/h2-5,8-11,13-14,22H,6-7,12,15-21H2,1H3,(H,34,41)(H,35,42). The van der Waals surface area contributed by atoms with Crippen molar-refractivity contribution in [2.75, 3.05) is 60.9 Å². The van der Waals surface area contributed by atoms with Crippen molar-refractivity contribution in [1.82, 2.24) is 15.2 Å². The normalized spacial score (nSPS) is 15.3. The van der Waals surface area contributed by atoms with Gasteiger partial charge in [-0.15, -0.1) is 11.3 Å². The molecule has 43 heavy (non-hydrogen) atoms. The van der Waals surface area contributed by atoms with Crippen molar-refractivity contribution in [2.24, 2.45) is 0 Å². The molecule has 0 aliphatic carbocycles. The number of carbonyl (C=O) groups is 3. The van der Waals surface area contributed by atoms with Crippen molar-refractivity contribution in [3.05, 3.63) is 82.9 Å². The third-order valence-corrected chi connectivity index (χ3v) is 9.17. The summed E-state index contributed by atoms with van der Waals surface area (Å²) in [5, 5.41) is 6.42. The number of aromatic nitrogens is 1. The van der Waals surface area contributed by atoms with Gasteiger partial charge in [0.1, 0.15) is 0 Å². The second-order valence-corrected chi connectivity index (χ2v) is 12.1. The Kier molecular flexibility index (Phi) is 8.55. The molecule has 2 saturated heterocycles. The van der Waals surface area contributed by atoms with E-state index in [9.17, 15) is 14.4 Å². The molecule has 1 aromatic heterocycles. The first kappa shape index (κ1) is 28.7. The maximum atomic E-state index is 13.4. The quantitative estimate of drug-likeness (QED) is 0.266. The van der Waals surface area contributed by atoms with Crippen LogP contribution in [0.25, 0.3) is 10.2 Å². The molecule has 0 bridgehead atoms. The fourth-order valence-corrected chi connectivity index (χ4v) is 6.68. The van der Waals surface area contributed by atoms with Crippen LogP contribution < -0.4 is 20.4 Å². The van der Waals surface area contributed by atoms with Gasteiger partial charge in [0.2, 0.25) is 5.91 Å². The average molecular weight is 597 g/mol. The third kappa shape index (κ3) is 6.49. The number of hydrogen-bond donors (Lipinski definition) is 2. The highest BCUT2D eigenvalue weighted by molar-refractivity contribution is 7.20. The number of hydrogen-bond acceptors (Lipinski definition) is 7. The van der Waals surface area contributed by atoms with Crippen molar-refractivity contribution < 1.29 is 14.4 Å². The number of nitrogens with zero attached hydrogens (tertiary/aromatic N) is 4. The number of piperazine rings is 1. The van der Waals surface area contributed by atoms with Gasteiger partial charge in [-0.25, -0.2) is 4.98 Å². The smallest absolute Gasteiger partial charge is 0.284 e. The fourth-order valence-electron chi connectivity index (χ4n) is 5.82. The summed E-state index contributed by atoms with van der Waals surface area (Å²) < 4.78 is 0.948. The SMILES string of the molecule is Cc1ccccc1N1CCN(c2ccc(C(=O)NCCCN3CCCC3=O)cc2NC(=O)c2nc3ccccc3s2)CC1. The van der Waals surface area contributed by atoms with Gasteiger partial charge in [-0.05, 0) is 61.7 Å². The largest absolute Gasteiger partial charge is 0.368 e. The lowest BCUT2D eigenvalue weighted by atomic mass is 10.1. The van der Waals surface area contributed by atoms with E-state index in [2.05, 4.69) is 56.6 Å². The van der Waals surface area contributed by atoms with E-state index in [1.54, 1.807) is 6.07 Å². The van der Waals surface area contributed by atoms with Crippen molar-refractivity contribution >= 4 is 56.3 Å². The number of aryl methyl sites for hydroxylation is 1. The van der Waals surface area contributed by atoms with Gasteiger partial charge in [-0.2, -0.15) is 0 Å². The Labute approximate surface area is 255 Å². The summed E-state index contributed by atoms with van der Waals surface area (Å²) in [5.41, 5.74) is 5.22. The number of thiazole rings is 1. The summed E-state index contributed by atoms with van der Waals surface area (Å²) in [4.78, 5) is 49.4. The highest BCUT2D eigenvalue weighted by atomic mass is 32.1. The van der Waals surface area contributed by atoms with E-state index in [4.69, 9.17) is 0 Å². The number of likely N-dealkylation sites (tertiary alicyclic amines) is 1. The lowest BCUT2D eigenvalue weighted by molar-refractivity contribution is -0.127. The zero-order chi connectivity index (χ0) is 29.8. The Hall–Kier alpha value is -4.44. The molecule has 2 aliphatic rings. The van der Waals surface area contributed by atoms with Crippen molar-refractivity contribution in [3.63, 3.8) is 0 Å². The van der Waals surface area contributed by atoms with Gasteiger partial charge < -0.3 is 25.3 Å². The molecular weight excluding hydrogens is 560 g/mol. The molecule has 0 unspecified atom stereocenters. The Bertz CT molecular complexity index is 1610. The molecule has 9 nitrogen and oxygen atoms in total. The van der Waals surface area contributed by atoms with Crippen LogP contribution in [-0.2, 0) is 4.79 Å². The van der Waals surface area contributed by atoms with Crippen LogP contribution >= 0.6 is 11.3 Å². The highest BCUT2D eigenvalue weighted by Crippen LogP contribution is 2.31. The van der Waals surface area contributed by atoms with Crippen LogP contribution in [0.2, 0.25) is 0 Å². The first-order valence-electron chi connectivity index (χ1n) is 14.9. The molecule has 0 spiro atoms. The van der Waals surface area contributed by atoms with Gasteiger partial charge in [0.25, 0.3) is 11.8 Å². The Balaban J connectivity index is 1.18. The van der Waals surface area contributed by atoms with Crippen LogP contribution in [-0.4, -0.2) is 73.4 Å². The summed E-state index contributed by atoms with van der Waals surface area (Å²) >= 11 is 1.35. The minimum atomic E-state index is -0.297. The van der Waals surface area contributed by atoms with E-state index in [1.165, 1.54) is 22.6 Å². The predicted octanol–water partition coefficient (Wildman–Crippen LogP) is 4.93. The van der Waals surface area contributed by atoms with E-state index < -0.39 is 0 Å². The monoisotopic (exact) mass is 596 g/mol. The Morgan fingerprint density at radius 3 is 2.37 bits per heavy atom.